The first-order chi connectivity index (χ1) is 28.1. The Hall–Kier alpha value is -7.10. The van der Waals surface area contributed by atoms with Crippen LogP contribution >= 0.6 is 0 Å². The van der Waals surface area contributed by atoms with Gasteiger partial charge in [0.25, 0.3) is 0 Å². The van der Waals surface area contributed by atoms with E-state index in [1.807, 2.05) is 13.0 Å². The van der Waals surface area contributed by atoms with Crippen molar-refractivity contribution >= 4 is 27.8 Å². The zero-order valence-electron chi connectivity index (χ0n) is 32.1. The summed E-state index contributed by atoms with van der Waals surface area (Å²) in [6.45, 7) is 8.86. The maximum atomic E-state index is 6.69. The second kappa shape index (κ2) is 13.9. The van der Waals surface area contributed by atoms with Crippen molar-refractivity contribution in [2.75, 3.05) is 4.90 Å². The third kappa shape index (κ3) is 5.58. The number of hydrogen-bond donors (Lipinski definition) is 0. The zero-order chi connectivity index (χ0) is 38.5. The summed E-state index contributed by atoms with van der Waals surface area (Å²) in [5.74, 6) is 2.84. The van der Waals surface area contributed by atoms with Gasteiger partial charge in [-0.2, -0.15) is 0 Å². The monoisotopic (exact) mass is 735 g/mol. The first kappa shape index (κ1) is 34.4. The number of rotatable bonds is 8. The van der Waals surface area contributed by atoms with E-state index >= 15 is 0 Å². The summed E-state index contributed by atoms with van der Waals surface area (Å²) in [7, 11) is 0. The van der Waals surface area contributed by atoms with Crippen LogP contribution in [0, 0.1) is 0 Å². The molecule has 1 aliphatic heterocycles. The first-order valence-corrected chi connectivity index (χ1v) is 19.7. The Labute approximate surface area is 334 Å². The standard InChI is InChI=1S/C54H41NO2/c1-4-16-36(3)54(5-2)46-24-13-11-23-44(46)45-34-52-53(35-47(45)54)56-50-32-29-40(33-51(50)57-52)37-27-30-41(31-28-37)55(49-26-15-20-39-19-9-10-21-43(39)49)48-25-14-12-22-42(48)38-17-7-6-8-18-38/h4,6-35H,3,5H2,1-2H3/b16-4-. The van der Waals surface area contributed by atoms with Gasteiger partial charge < -0.3 is 14.4 Å². The Balaban J connectivity index is 1.02. The summed E-state index contributed by atoms with van der Waals surface area (Å²) >= 11 is 0. The molecule has 0 saturated heterocycles. The second-order valence-electron chi connectivity index (χ2n) is 14.8. The molecule has 0 amide bonds. The number of benzene rings is 8. The third-order valence-electron chi connectivity index (χ3n) is 11.7. The van der Waals surface area contributed by atoms with Crippen molar-refractivity contribution in [2.45, 2.75) is 25.7 Å². The molecule has 0 saturated carbocycles. The van der Waals surface area contributed by atoms with E-state index in [1.165, 1.54) is 44.2 Å². The average molecular weight is 736 g/mol. The van der Waals surface area contributed by atoms with E-state index in [4.69, 9.17) is 9.47 Å². The fourth-order valence-electron chi connectivity index (χ4n) is 9.06. The molecule has 1 unspecified atom stereocenters. The largest absolute Gasteiger partial charge is 0.450 e. The Kier molecular flexibility index (Phi) is 8.38. The number of hydrogen-bond acceptors (Lipinski definition) is 3. The Bertz CT molecular complexity index is 2870. The minimum atomic E-state index is -0.333. The van der Waals surface area contributed by atoms with Gasteiger partial charge >= 0.3 is 0 Å². The van der Waals surface area contributed by atoms with Gasteiger partial charge in [0.05, 0.1) is 11.4 Å². The SMILES string of the molecule is C=C(/C=C\C)C1(CC)c2ccccc2-c2cc3c(cc21)Oc1ccc(-c2ccc(N(c4ccccc4-c4ccccc4)c4cccc5ccccc45)cc2)cc1O3. The maximum Gasteiger partial charge on any atom is 0.170 e. The molecule has 3 nitrogen and oxygen atoms in total. The lowest BCUT2D eigenvalue weighted by molar-refractivity contribution is 0.359. The first-order valence-electron chi connectivity index (χ1n) is 19.7. The predicted molar refractivity (Wildman–Crippen MR) is 237 cm³/mol. The topological polar surface area (TPSA) is 21.7 Å². The van der Waals surface area contributed by atoms with E-state index < -0.39 is 0 Å². The van der Waals surface area contributed by atoms with E-state index in [2.05, 4.69) is 200 Å². The van der Waals surface area contributed by atoms with E-state index in [9.17, 15) is 0 Å². The zero-order valence-corrected chi connectivity index (χ0v) is 32.1. The summed E-state index contributed by atoms with van der Waals surface area (Å²) in [6.07, 6.45) is 5.10. The molecule has 0 spiro atoms. The highest BCUT2D eigenvalue weighted by Gasteiger charge is 2.44. The molecule has 0 fully saturated rings. The minimum Gasteiger partial charge on any atom is -0.450 e. The van der Waals surface area contributed by atoms with Crippen LogP contribution in [0.5, 0.6) is 23.0 Å². The molecule has 57 heavy (non-hydrogen) atoms. The second-order valence-corrected chi connectivity index (χ2v) is 14.8. The lowest BCUT2D eigenvalue weighted by Gasteiger charge is -2.33. The molecule has 10 rings (SSSR count). The van der Waals surface area contributed by atoms with Crippen LogP contribution in [0.2, 0.25) is 0 Å². The third-order valence-corrected chi connectivity index (χ3v) is 11.7. The van der Waals surface area contributed by atoms with Gasteiger partial charge in [-0.3, -0.25) is 0 Å². The Morgan fingerprint density at radius 2 is 1.19 bits per heavy atom. The van der Waals surface area contributed by atoms with E-state index in [0.29, 0.717) is 11.5 Å². The van der Waals surface area contributed by atoms with Gasteiger partial charge in [0.15, 0.2) is 23.0 Å². The molecular formula is C54H41NO2. The van der Waals surface area contributed by atoms with Crippen molar-refractivity contribution in [1.29, 1.82) is 0 Å². The van der Waals surface area contributed by atoms with Gasteiger partial charge in [-0.1, -0.05) is 153 Å². The number of ether oxygens (including phenoxy) is 2. The molecule has 8 aromatic carbocycles. The molecule has 1 aliphatic carbocycles. The van der Waals surface area contributed by atoms with Gasteiger partial charge in [-0.05, 0) is 112 Å². The van der Waals surface area contributed by atoms with Crippen LogP contribution < -0.4 is 14.4 Å². The molecule has 0 aromatic heterocycles. The van der Waals surface area contributed by atoms with Crippen molar-refractivity contribution in [1.82, 2.24) is 0 Å². The summed E-state index contributed by atoms with van der Waals surface area (Å²) in [6, 6.07) is 62.5. The molecule has 8 aromatic rings. The fourth-order valence-corrected chi connectivity index (χ4v) is 9.06. The van der Waals surface area contributed by atoms with Gasteiger partial charge in [0.2, 0.25) is 0 Å². The van der Waals surface area contributed by atoms with Gasteiger partial charge in [-0.15, -0.1) is 0 Å². The van der Waals surface area contributed by atoms with Crippen LogP contribution in [0.25, 0.3) is 44.2 Å². The number of para-hydroxylation sites is 1. The van der Waals surface area contributed by atoms with Crippen molar-refractivity contribution in [3.63, 3.8) is 0 Å². The normalized spacial score (nSPS) is 14.9. The molecule has 274 valence electrons. The summed E-state index contributed by atoms with van der Waals surface area (Å²) in [5.41, 5.74) is 13.4. The van der Waals surface area contributed by atoms with E-state index in [1.54, 1.807) is 0 Å². The van der Waals surface area contributed by atoms with Crippen LogP contribution in [0.1, 0.15) is 31.4 Å². The summed E-state index contributed by atoms with van der Waals surface area (Å²) in [5, 5.41) is 2.39. The molecule has 1 atom stereocenters. The highest BCUT2D eigenvalue weighted by atomic mass is 16.6. The lowest BCUT2D eigenvalue weighted by Crippen LogP contribution is -2.26. The summed E-state index contributed by atoms with van der Waals surface area (Å²) in [4.78, 5) is 2.38. The van der Waals surface area contributed by atoms with Gasteiger partial charge in [0.1, 0.15) is 0 Å². The number of fused-ring (bicyclic) bond motifs is 6. The van der Waals surface area contributed by atoms with Crippen LogP contribution in [0.15, 0.2) is 200 Å². The van der Waals surface area contributed by atoms with E-state index in [-0.39, 0.29) is 5.41 Å². The van der Waals surface area contributed by atoms with Crippen molar-refractivity contribution in [2.24, 2.45) is 0 Å². The Morgan fingerprint density at radius 1 is 0.544 bits per heavy atom. The van der Waals surface area contributed by atoms with Crippen molar-refractivity contribution in [3.05, 3.63) is 211 Å². The quantitative estimate of drug-likeness (QED) is 0.145. The van der Waals surface area contributed by atoms with Crippen molar-refractivity contribution < 1.29 is 9.47 Å². The molecule has 0 bridgehead atoms. The molecule has 3 heteroatoms. The fraction of sp³-hybridized carbons (Fsp3) is 0.0741. The van der Waals surface area contributed by atoms with Gasteiger partial charge in [-0.25, -0.2) is 0 Å². The number of allylic oxidation sites excluding steroid dienone is 3. The molecule has 1 heterocycles. The molecule has 2 aliphatic rings. The average Bonchev–Trinajstić information content (AvgIpc) is 3.55. The minimum absolute atomic E-state index is 0.333. The maximum absolute atomic E-state index is 6.69. The van der Waals surface area contributed by atoms with Crippen LogP contribution in [0.3, 0.4) is 0 Å². The molecular weight excluding hydrogens is 695 g/mol. The van der Waals surface area contributed by atoms with Gasteiger partial charge in [0, 0.05) is 22.1 Å². The lowest BCUT2D eigenvalue weighted by atomic mass is 9.70. The van der Waals surface area contributed by atoms with Crippen LogP contribution in [-0.4, -0.2) is 0 Å². The van der Waals surface area contributed by atoms with Crippen LogP contribution in [0.4, 0.5) is 17.1 Å². The van der Waals surface area contributed by atoms with Crippen LogP contribution in [-0.2, 0) is 5.41 Å². The number of anilines is 3. The predicted octanol–water partition coefficient (Wildman–Crippen LogP) is 15.4. The molecule has 0 N–H and O–H groups in total. The van der Waals surface area contributed by atoms with Crippen molar-refractivity contribution in [3.8, 4) is 56.4 Å². The van der Waals surface area contributed by atoms with E-state index in [0.717, 1.165) is 51.7 Å². The highest BCUT2D eigenvalue weighted by molar-refractivity contribution is 6.01. The number of nitrogens with zero attached hydrogens (tertiary/aromatic N) is 1. The Morgan fingerprint density at radius 3 is 2.02 bits per heavy atom. The molecule has 0 radical (unpaired) electrons. The smallest absolute Gasteiger partial charge is 0.170 e. The summed E-state index contributed by atoms with van der Waals surface area (Å²) < 4.78 is 13.3. The highest BCUT2D eigenvalue weighted by Crippen LogP contribution is 2.59.